The first-order valence-corrected chi connectivity index (χ1v) is 7.59. The molecule has 1 aliphatic carbocycles. The van der Waals surface area contributed by atoms with Gasteiger partial charge in [0, 0.05) is 6.08 Å². The van der Waals surface area contributed by atoms with Crippen LogP contribution in [0.25, 0.3) is 12.2 Å². The molecule has 22 heavy (non-hydrogen) atoms. The summed E-state index contributed by atoms with van der Waals surface area (Å²) in [6.07, 6.45) is 7.52. The van der Waals surface area contributed by atoms with E-state index in [4.69, 9.17) is 33.5 Å². The molecule has 0 atom stereocenters. The molecule has 118 valence electrons. The number of hydrogen-bond acceptors (Lipinski definition) is 4. The third-order valence-electron chi connectivity index (χ3n) is 3.77. The van der Waals surface area contributed by atoms with Crippen LogP contribution in [0, 0.1) is 0 Å². The molecule has 2 N–H and O–H groups in total. The molecule has 1 aromatic carbocycles. The SMILES string of the molecule is Cl.NC1(c2noc(/C=C/c3cccc(Cl)c3Cl)n2)CCCC1. The van der Waals surface area contributed by atoms with Crippen LogP contribution in [0.1, 0.15) is 43.0 Å². The molecule has 4 nitrogen and oxygen atoms in total. The van der Waals surface area contributed by atoms with E-state index < -0.39 is 5.54 Å². The predicted molar refractivity (Wildman–Crippen MR) is 91.3 cm³/mol. The Balaban J connectivity index is 0.00000176. The lowest BCUT2D eigenvalue weighted by atomic mass is 9.99. The molecule has 0 amide bonds. The average molecular weight is 361 g/mol. The van der Waals surface area contributed by atoms with Crippen LogP contribution in [-0.4, -0.2) is 10.1 Å². The monoisotopic (exact) mass is 359 g/mol. The van der Waals surface area contributed by atoms with Crippen molar-refractivity contribution in [1.82, 2.24) is 10.1 Å². The van der Waals surface area contributed by atoms with Gasteiger partial charge in [0.1, 0.15) is 0 Å². The summed E-state index contributed by atoms with van der Waals surface area (Å²) in [5.41, 5.74) is 6.65. The zero-order valence-corrected chi connectivity index (χ0v) is 14.1. The van der Waals surface area contributed by atoms with Gasteiger partial charge in [-0.05, 0) is 30.5 Å². The Morgan fingerprint density at radius 1 is 1.18 bits per heavy atom. The zero-order valence-electron chi connectivity index (χ0n) is 11.8. The van der Waals surface area contributed by atoms with E-state index in [-0.39, 0.29) is 12.4 Å². The molecule has 0 bridgehead atoms. The fourth-order valence-electron chi connectivity index (χ4n) is 2.54. The third-order valence-corrected chi connectivity index (χ3v) is 4.60. The largest absolute Gasteiger partial charge is 0.335 e. The van der Waals surface area contributed by atoms with Gasteiger partial charge in [-0.1, -0.05) is 53.3 Å². The minimum absolute atomic E-state index is 0. The van der Waals surface area contributed by atoms with Gasteiger partial charge >= 0.3 is 0 Å². The standard InChI is InChI=1S/C15H15Cl2N3O.ClH/c16-11-5-3-4-10(13(11)17)6-7-12-19-14(20-21-12)15(18)8-1-2-9-15;/h3-7H,1-2,8-9,18H2;1H/b7-6+;. The van der Waals surface area contributed by atoms with Crippen LogP contribution in [0.4, 0.5) is 0 Å². The molecule has 0 unspecified atom stereocenters. The molecule has 1 heterocycles. The molecule has 3 rings (SSSR count). The number of hydrogen-bond donors (Lipinski definition) is 1. The van der Waals surface area contributed by atoms with Gasteiger partial charge < -0.3 is 10.3 Å². The first-order valence-electron chi connectivity index (χ1n) is 6.84. The van der Waals surface area contributed by atoms with Crippen molar-refractivity contribution in [1.29, 1.82) is 0 Å². The molecule has 1 aromatic heterocycles. The van der Waals surface area contributed by atoms with Gasteiger partial charge in [-0.25, -0.2) is 0 Å². The van der Waals surface area contributed by atoms with Gasteiger partial charge in [-0.2, -0.15) is 4.98 Å². The quantitative estimate of drug-likeness (QED) is 0.862. The molecular weight excluding hydrogens is 345 g/mol. The van der Waals surface area contributed by atoms with Crippen LogP contribution >= 0.6 is 35.6 Å². The van der Waals surface area contributed by atoms with E-state index in [1.807, 2.05) is 12.1 Å². The lowest BCUT2D eigenvalue weighted by molar-refractivity contribution is 0.364. The van der Waals surface area contributed by atoms with Crippen molar-refractivity contribution in [3.8, 4) is 0 Å². The topological polar surface area (TPSA) is 64.9 Å². The predicted octanol–water partition coefficient (Wildman–Crippen LogP) is 4.70. The normalized spacial score (nSPS) is 16.9. The fourth-order valence-corrected chi connectivity index (χ4v) is 2.92. The van der Waals surface area contributed by atoms with E-state index >= 15 is 0 Å². The number of nitrogens with two attached hydrogens (primary N) is 1. The Morgan fingerprint density at radius 2 is 1.91 bits per heavy atom. The molecule has 0 spiro atoms. The van der Waals surface area contributed by atoms with Crippen LogP contribution in [-0.2, 0) is 5.54 Å². The van der Waals surface area contributed by atoms with Crippen LogP contribution in [0.2, 0.25) is 10.0 Å². The second-order valence-electron chi connectivity index (χ2n) is 5.30. The van der Waals surface area contributed by atoms with Crippen molar-refractivity contribution < 1.29 is 4.52 Å². The highest BCUT2D eigenvalue weighted by Crippen LogP contribution is 2.34. The molecule has 0 aliphatic heterocycles. The Morgan fingerprint density at radius 3 is 2.64 bits per heavy atom. The van der Waals surface area contributed by atoms with Gasteiger partial charge in [0.05, 0.1) is 15.6 Å². The Hall–Kier alpha value is -1.07. The van der Waals surface area contributed by atoms with Crippen LogP contribution in [0.15, 0.2) is 22.7 Å². The second kappa shape index (κ2) is 7.01. The van der Waals surface area contributed by atoms with Crippen LogP contribution in [0.5, 0.6) is 0 Å². The van der Waals surface area contributed by atoms with E-state index in [1.54, 1.807) is 18.2 Å². The number of aromatic nitrogens is 2. The van der Waals surface area contributed by atoms with Crippen molar-refractivity contribution in [3.05, 3.63) is 45.5 Å². The van der Waals surface area contributed by atoms with Crippen molar-refractivity contribution in [2.75, 3.05) is 0 Å². The molecule has 1 saturated carbocycles. The van der Waals surface area contributed by atoms with Crippen molar-refractivity contribution >= 4 is 47.8 Å². The maximum atomic E-state index is 6.30. The minimum atomic E-state index is -0.441. The Kier molecular flexibility index (Phi) is 5.50. The van der Waals surface area contributed by atoms with Gasteiger partial charge in [0.15, 0.2) is 5.82 Å². The fraction of sp³-hybridized carbons (Fsp3) is 0.333. The molecule has 0 radical (unpaired) electrons. The summed E-state index contributed by atoms with van der Waals surface area (Å²) < 4.78 is 5.23. The maximum Gasteiger partial charge on any atom is 0.250 e. The third kappa shape index (κ3) is 3.46. The van der Waals surface area contributed by atoms with E-state index in [9.17, 15) is 0 Å². The Labute approximate surface area is 145 Å². The summed E-state index contributed by atoms with van der Waals surface area (Å²) >= 11 is 12.1. The summed E-state index contributed by atoms with van der Waals surface area (Å²) in [6.45, 7) is 0. The lowest BCUT2D eigenvalue weighted by Gasteiger charge is -2.17. The molecule has 2 aromatic rings. The number of rotatable bonds is 3. The summed E-state index contributed by atoms with van der Waals surface area (Å²) in [5, 5.41) is 5.01. The molecule has 0 saturated heterocycles. The first kappa shape index (κ1) is 17.3. The van der Waals surface area contributed by atoms with Crippen molar-refractivity contribution in [2.24, 2.45) is 5.73 Å². The van der Waals surface area contributed by atoms with Gasteiger partial charge in [-0.15, -0.1) is 12.4 Å². The first-order chi connectivity index (χ1) is 10.1. The lowest BCUT2D eigenvalue weighted by Crippen LogP contribution is -2.34. The molecule has 1 fully saturated rings. The Bertz CT molecular complexity index is 678. The van der Waals surface area contributed by atoms with E-state index in [0.29, 0.717) is 21.8 Å². The molecule has 7 heteroatoms. The summed E-state index contributed by atoms with van der Waals surface area (Å²) in [7, 11) is 0. The van der Waals surface area contributed by atoms with Gasteiger partial charge in [-0.3, -0.25) is 0 Å². The highest BCUT2D eigenvalue weighted by molar-refractivity contribution is 6.42. The smallest absolute Gasteiger partial charge is 0.250 e. The number of nitrogens with zero attached hydrogens (tertiary/aromatic N) is 2. The number of benzene rings is 1. The molecular formula is C15H16Cl3N3O. The van der Waals surface area contributed by atoms with Crippen molar-refractivity contribution in [2.45, 2.75) is 31.2 Å². The van der Waals surface area contributed by atoms with E-state index in [1.165, 1.54) is 0 Å². The minimum Gasteiger partial charge on any atom is -0.335 e. The van der Waals surface area contributed by atoms with E-state index in [2.05, 4.69) is 10.1 Å². The van der Waals surface area contributed by atoms with Gasteiger partial charge in [0.2, 0.25) is 0 Å². The second-order valence-corrected chi connectivity index (χ2v) is 6.08. The highest BCUT2D eigenvalue weighted by Gasteiger charge is 2.35. The van der Waals surface area contributed by atoms with E-state index in [0.717, 1.165) is 31.2 Å². The highest BCUT2D eigenvalue weighted by atomic mass is 35.5. The summed E-state index contributed by atoms with van der Waals surface area (Å²) in [6, 6.07) is 5.44. The molecule has 1 aliphatic rings. The van der Waals surface area contributed by atoms with Gasteiger partial charge in [0.25, 0.3) is 5.89 Å². The zero-order chi connectivity index (χ0) is 14.9. The summed E-state index contributed by atoms with van der Waals surface area (Å²) in [5.74, 6) is 0.995. The van der Waals surface area contributed by atoms with Crippen molar-refractivity contribution in [3.63, 3.8) is 0 Å². The maximum absolute atomic E-state index is 6.30. The summed E-state index contributed by atoms with van der Waals surface area (Å²) in [4.78, 5) is 4.37. The number of halogens is 3. The average Bonchev–Trinajstić information content (AvgIpc) is 3.10. The van der Waals surface area contributed by atoms with Crippen LogP contribution < -0.4 is 5.73 Å². The van der Waals surface area contributed by atoms with Crippen LogP contribution in [0.3, 0.4) is 0 Å².